The number of rotatable bonds is 5. The lowest BCUT2D eigenvalue weighted by Crippen LogP contribution is -2.27. The van der Waals surface area contributed by atoms with Gasteiger partial charge in [0.05, 0.1) is 0 Å². The molecular weight excluding hydrogens is 348 g/mol. The van der Waals surface area contributed by atoms with Crippen LogP contribution in [0, 0.1) is 0 Å². The summed E-state index contributed by atoms with van der Waals surface area (Å²) in [5, 5.41) is 2.76. The predicted octanol–water partition coefficient (Wildman–Crippen LogP) is 2.67. The van der Waals surface area contributed by atoms with Crippen LogP contribution in [0.3, 0.4) is 0 Å². The summed E-state index contributed by atoms with van der Waals surface area (Å²) < 4.78 is 16.0. The number of nitrogens with one attached hydrogen (secondary N) is 1. The molecule has 0 radical (unpaired) electrons. The topological polar surface area (TPSA) is 77.1 Å². The SMILES string of the molecule is O=C(COc1ccc2c(c1)OCO2)Nc1ccc(C(=O)N2CCCC2)cc1. The Labute approximate surface area is 156 Å². The minimum absolute atomic E-state index is 0.0384. The normalized spacial score (nSPS) is 14.9. The van der Waals surface area contributed by atoms with Gasteiger partial charge in [0.2, 0.25) is 6.79 Å². The molecule has 1 saturated heterocycles. The molecule has 27 heavy (non-hydrogen) atoms. The highest BCUT2D eigenvalue weighted by atomic mass is 16.7. The summed E-state index contributed by atoms with van der Waals surface area (Å²) in [6.45, 7) is 1.69. The molecule has 0 bridgehead atoms. The number of nitrogens with zero attached hydrogens (tertiary/aromatic N) is 1. The van der Waals surface area contributed by atoms with Crippen molar-refractivity contribution in [3.8, 4) is 17.2 Å². The van der Waals surface area contributed by atoms with Crippen molar-refractivity contribution in [2.45, 2.75) is 12.8 Å². The summed E-state index contributed by atoms with van der Waals surface area (Å²) in [5.41, 5.74) is 1.25. The largest absolute Gasteiger partial charge is 0.484 e. The summed E-state index contributed by atoms with van der Waals surface area (Å²) in [6.07, 6.45) is 2.12. The molecule has 0 atom stereocenters. The molecule has 7 heteroatoms. The zero-order valence-electron chi connectivity index (χ0n) is 14.8. The molecule has 0 spiro atoms. The second kappa shape index (κ2) is 7.57. The van der Waals surface area contributed by atoms with Gasteiger partial charge in [0.1, 0.15) is 5.75 Å². The number of ether oxygens (including phenoxy) is 3. The zero-order chi connectivity index (χ0) is 18.6. The number of anilines is 1. The highest BCUT2D eigenvalue weighted by molar-refractivity contribution is 5.96. The smallest absolute Gasteiger partial charge is 0.262 e. The third-order valence-electron chi connectivity index (χ3n) is 4.52. The van der Waals surface area contributed by atoms with Gasteiger partial charge in [-0.2, -0.15) is 0 Å². The zero-order valence-corrected chi connectivity index (χ0v) is 14.8. The average Bonchev–Trinajstić information content (AvgIpc) is 3.38. The van der Waals surface area contributed by atoms with Gasteiger partial charge in [0.15, 0.2) is 18.1 Å². The molecule has 2 aromatic carbocycles. The second-order valence-corrected chi connectivity index (χ2v) is 6.43. The third-order valence-corrected chi connectivity index (χ3v) is 4.52. The van der Waals surface area contributed by atoms with Crippen LogP contribution in [0.25, 0.3) is 0 Å². The maximum atomic E-state index is 12.3. The van der Waals surface area contributed by atoms with Crippen LogP contribution in [-0.2, 0) is 4.79 Å². The minimum atomic E-state index is -0.286. The molecule has 1 N–H and O–H groups in total. The molecule has 2 aromatic rings. The molecule has 0 aromatic heterocycles. The molecule has 0 unspecified atom stereocenters. The first-order chi connectivity index (χ1) is 13.2. The van der Waals surface area contributed by atoms with E-state index in [-0.39, 0.29) is 25.2 Å². The Balaban J connectivity index is 1.29. The summed E-state index contributed by atoms with van der Waals surface area (Å²) in [5.74, 6) is 1.55. The summed E-state index contributed by atoms with van der Waals surface area (Å²) in [7, 11) is 0. The molecule has 7 nitrogen and oxygen atoms in total. The summed E-state index contributed by atoms with van der Waals surface area (Å²) >= 11 is 0. The first-order valence-electron chi connectivity index (χ1n) is 8.91. The van der Waals surface area contributed by atoms with Gasteiger partial charge in [-0.25, -0.2) is 0 Å². The van der Waals surface area contributed by atoms with Gasteiger partial charge < -0.3 is 24.4 Å². The van der Waals surface area contributed by atoms with Crippen LogP contribution in [0.1, 0.15) is 23.2 Å². The molecule has 2 amide bonds. The van der Waals surface area contributed by atoms with E-state index in [2.05, 4.69) is 5.32 Å². The maximum Gasteiger partial charge on any atom is 0.262 e. The van der Waals surface area contributed by atoms with Crippen LogP contribution < -0.4 is 19.5 Å². The van der Waals surface area contributed by atoms with Gasteiger partial charge in [0, 0.05) is 30.4 Å². The van der Waals surface area contributed by atoms with Crippen molar-refractivity contribution in [2.75, 3.05) is 31.8 Å². The third kappa shape index (κ3) is 3.97. The second-order valence-electron chi connectivity index (χ2n) is 6.43. The minimum Gasteiger partial charge on any atom is -0.484 e. The molecule has 2 heterocycles. The van der Waals surface area contributed by atoms with Crippen molar-refractivity contribution in [2.24, 2.45) is 0 Å². The quantitative estimate of drug-likeness (QED) is 0.878. The Bertz CT molecular complexity index is 844. The number of carbonyl (C=O) groups is 2. The van der Waals surface area contributed by atoms with Crippen LogP contribution in [0.2, 0.25) is 0 Å². The Hall–Kier alpha value is -3.22. The Morgan fingerprint density at radius 2 is 1.74 bits per heavy atom. The first-order valence-corrected chi connectivity index (χ1v) is 8.91. The van der Waals surface area contributed by atoms with Crippen molar-refractivity contribution in [1.29, 1.82) is 0 Å². The van der Waals surface area contributed by atoms with Crippen molar-refractivity contribution < 1.29 is 23.8 Å². The molecule has 140 valence electrons. The van der Waals surface area contributed by atoms with Crippen molar-refractivity contribution in [1.82, 2.24) is 4.90 Å². The van der Waals surface area contributed by atoms with Crippen LogP contribution in [0.5, 0.6) is 17.2 Å². The predicted molar refractivity (Wildman–Crippen MR) is 98.3 cm³/mol. The van der Waals surface area contributed by atoms with Gasteiger partial charge >= 0.3 is 0 Å². The molecule has 0 saturated carbocycles. The van der Waals surface area contributed by atoms with E-state index in [1.54, 1.807) is 42.5 Å². The van der Waals surface area contributed by atoms with Crippen molar-refractivity contribution in [3.63, 3.8) is 0 Å². The Morgan fingerprint density at radius 1 is 1.00 bits per heavy atom. The van der Waals surface area contributed by atoms with Crippen LogP contribution in [-0.4, -0.2) is 43.2 Å². The van der Waals surface area contributed by atoms with Crippen LogP contribution in [0.4, 0.5) is 5.69 Å². The number of amides is 2. The fourth-order valence-electron chi connectivity index (χ4n) is 3.11. The number of fused-ring (bicyclic) bond motifs is 1. The molecule has 2 aliphatic rings. The Morgan fingerprint density at radius 3 is 2.52 bits per heavy atom. The van der Waals surface area contributed by atoms with Gasteiger partial charge in [-0.1, -0.05) is 0 Å². The van der Waals surface area contributed by atoms with E-state index < -0.39 is 0 Å². The number of likely N-dealkylation sites (tertiary alicyclic amines) is 1. The van der Waals surface area contributed by atoms with Crippen LogP contribution >= 0.6 is 0 Å². The fourth-order valence-corrected chi connectivity index (χ4v) is 3.11. The van der Waals surface area contributed by atoms with Crippen molar-refractivity contribution in [3.05, 3.63) is 48.0 Å². The van der Waals surface area contributed by atoms with E-state index >= 15 is 0 Å². The lowest BCUT2D eigenvalue weighted by Gasteiger charge is -2.15. The van der Waals surface area contributed by atoms with E-state index in [0.29, 0.717) is 28.5 Å². The lowest BCUT2D eigenvalue weighted by molar-refractivity contribution is -0.118. The highest BCUT2D eigenvalue weighted by Gasteiger charge is 2.19. The monoisotopic (exact) mass is 368 g/mol. The molecule has 2 aliphatic heterocycles. The fraction of sp³-hybridized carbons (Fsp3) is 0.300. The number of carbonyl (C=O) groups excluding carboxylic acids is 2. The molecular formula is C20H20N2O5. The summed E-state index contributed by atoms with van der Waals surface area (Å²) in [6, 6.07) is 12.1. The van der Waals surface area contributed by atoms with Gasteiger partial charge in [0.25, 0.3) is 11.8 Å². The molecule has 4 rings (SSSR count). The van der Waals surface area contributed by atoms with Gasteiger partial charge in [-0.05, 0) is 49.2 Å². The maximum absolute atomic E-state index is 12.3. The number of hydrogen-bond donors (Lipinski definition) is 1. The average molecular weight is 368 g/mol. The number of hydrogen-bond acceptors (Lipinski definition) is 5. The van der Waals surface area contributed by atoms with Gasteiger partial charge in [-0.3, -0.25) is 9.59 Å². The highest BCUT2D eigenvalue weighted by Crippen LogP contribution is 2.35. The first kappa shape index (κ1) is 17.2. The van der Waals surface area contributed by atoms with E-state index in [0.717, 1.165) is 25.9 Å². The van der Waals surface area contributed by atoms with E-state index in [1.165, 1.54) is 0 Å². The molecule has 0 aliphatic carbocycles. The van der Waals surface area contributed by atoms with E-state index in [9.17, 15) is 9.59 Å². The standard InChI is InChI=1S/C20H20N2O5/c23-19(12-25-16-7-8-17-18(11-16)27-13-26-17)21-15-5-3-14(4-6-15)20(24)22-9-1-2-10-22/h3-8,11H,1-2,9-10,12-13H2,(H,21,23). The van der Waals surface area contributed by atoms with E-state index in [4.69, 9.17) is 14.2 Å². The Kier molecular flexibility index (Phi) is 4.82. The van der Waals surface area contributed by atoms with Crippen molar-refractivity contribution >= 4 is 17.5 Å². The molecule has 1 fully saturated rings. The lowest BCUT2D eigenvalue weighted by atomic mass is 10.2. The number of benzene rings is 2. The van der Waals surface area contributed by atoms with Crippen LogP contribution in [0.15, 0.2) is 42.5 Å². The van der Waals surface area contributed by atoms with Gasteiger partial charge in [-0.15, -0.1) is 0 Å². The summed E-state index contributed by atoms with van der Waals surface area (Å²) in [4.78, 5) is 26.3. The van der Waals surface area contributed by atoms with E-state index in [1.807, 2.05) is 4.90 Å².